The summed E-state index contributed by atoms with van der Waals surface area (Å²) in [7, 11) is 0. The van der Waals surface area contributed by atoms with Gasteiger partial charge in [-0.1, -0.05) is 0 Å². The molecule has 1 fully saturated rings. The van der Waals surface area contributed by atoms with Gasteiger partial charge in [0.1, 0.15) is 0 Å². The van der Waals surface area contributed by atoms with Gasteiger partial charge in [0, 0.05) is 0 Å². The van der Waals surface area contributed by atoms with Crippen LogP contribution in [0.4, 0.5) is 0 Å². The number of hydrogen-bond acceptors (Lipinski definition) is 0. The third kappa shape index (κ3) is 1.31. The van der Waals surface area contributed by atoms with Crippen LogP contribution in [0.1, 0.15) is 6.42 Å². The molecule has 1 saturated heterocycles. The van der Waals surface area contributed by atoms with Crippen molar-refractivity contribution in [2.75, 3.05) is 23.6 Å². The van der Waals surface area contributed by atoms with Crippen molar-refractivity contribution >= 4 is 17.0 Å². The van der Waals surface area contributed by atoms with Crippen LogP contribution in [0.3, 0.4) is 0 Å². The van der Waals surface area contributed by atoms with Crippen molar-refractivity contribution in [3.63, 3.8) is 0 Å². The number of hydrogen-bond donors (Lipinski definition) is 0. The molecule has 0 aliphatic carbocycles. The van der Waals surface area contributed by atoms with Gasteiger partial charge in [0.15, 0.2) is 0 Å². The van der Waals surface area contributed by atoms with E-state index in [0.29, 0.717) is 0 Å². The Hall–Kier alpha value is 0.730. The summed E-state index contributed by atoms with van der Waals surface area (Å²) in [6, 6.07) is 0. The first-order valence-corrected chi connectivity index (χ1v) is 12.2. The molecule has 0 spiro atoms. The second-order valence-corrected chi connectivity index (χ2v) is 22.5. The molecule has 1 heterocycles. The van der Waals surface area contributed by atoms with Crippen molar-refractivity contribution in [3.8, 4) is 0 Å². The summed E-state index contributed by atoms with van der Waals surface area (Å²) in [5.74, 6) is 0. The van der Waals surface area contributed by atoms with Crippen LogP contribution in [-0.2, 0) is 0 Å². The minimum atomic E-state index is -1.42. The Morgan fingerprint density at radius 1 is 1.00 bits per heavy atom. The van der Waals surface area contributed by atoms with E-state index >= 15 is 0 Å². The molecule has 0 bridgehead atoms. The molecule has 1 aliphatic rings. The van der Waals surface area contributed by atoms with Crippen LogP contribution >= 0.6 is 17.0 Å². The monoisotopic (exact) mass is 214 g/mol. The SMILES string of the molecule is CI1(C)(C)CCC1. The number of halogens is 1. The van der Waals surface area contributed by atoms with E-state index in [2.05, 4.69) is 14.8 Å². The molecule has 0 aromatic carbocycles. The Morgan fingerprint density at radius 3 is 1.29 bits per heavy atom. The van der Waals surface area contributed by atoms with Crippen LogP contribution in [0.2, 0.25) is 0 Å². The van der Waals surface area contributed by atoms with Crippen molar-refractivity contribution in [3.05, 3.63) is 0 Å². The average molecular weight is 214 g/mol. The van der Waals surface area contributed by atoms with Gasteiger partial charge in [0.2, 0.25) is 0 Å². The minimum absolute atomic E-state index is 1.42. The first-order chi connectivity index (χ1) is 2.97. The zero-order valence-electron chi connectivity index (χ0n) is 5.50. The van der Waals surface area contributed by atoms with E-state index in [9.17, 15) is 0 Å². The Balaban J connectivity index is 2.60. The van der Waals surface area contributed by atoms with Crippen LogP contribution in [0, 0.1) is 0 Å². The summed E-state index contributed by atoms with van der Waals surface area (Å²) in [6.07, 6.45) is 1.53. The molecule has 7 heavy (non-hydrogen) atoms. The fourth-order valence-electron chi connectivity index (χ4n) is 0.935. The zero-order chi connectivity index (χ0) is 5.57. The summed E-state index contributed by atoms with van der Waals surface area (Å²) in [4.78, 5) is 7.61. The summed E-state index contributed by atoms with van der Waals surface area (Å²) >= 11 is -1.42. The molecular formula is C6H15I. The van der Waals surface area contributed by atoms with Gasteiger partial charge in [-0.2, -0.15) is 0 Å². The van der Waals surface area contributed by atoms with Crippen LogP contribution < -0.4 is 0 Å². The van der Waals surface area contributed by atoms with E-state index in [-0.39, 0.29) is 0 Å². The molecule has 0 atom stereocenters. The van der Waals surface area contributed by atoms with Crippen molar-refractivity contribution in [2.24, 2.45) is 0 Å². The number of alkyl halides is 5. The maximum atomic E-state index is 2.54. The van der Waals surface area contributed by atoms with E-state index < -0.39 is 17.0 Å². The Morgan fingerprint density at radius 2 is 1.29 bits per heavy atom. The molecule has 1 heteroatoms. The van der Waals surface area contributed by atoms with Crippen molar-refractivity contribution < 1.29 is 0 Å². The van der Waals surface area contributed by atoms with E-state index in [1.807, 2.05) is 0 Å². The zero-order valence-corrected chi connectivity index (χ0v) is 7.66. The van der Waals surface area contributed by atoms with Crippen molar-refractivity contribution in [2.45, 2.75) is 6.42 Å². The first kappa shape index (κ1) is 5.86. The van der Waals surface area contributed by atoms with Gasteiger partial charge in [-0.15, -0.1) is 0 Å². The first-order valence-electron chi connectivity index (χ1n) is 2.67. The normalized spacial score (nSPS) is 40.1. The molecule has 46 valence electrons. The predicted octanol–water partition coefficient (Wildman–Crippen LogP) is 1.86. The van der Waals surface area contributed by atoms with E-state index in [1.165, 1.54) is 6.42 Å². The van der Waals surface area contributed by atoms with Gasteiger partial charge in [-0.05, 0) is 0 Å². The van der Waals surface area contributed by atoms with E-state index in [0.717, 1.165) is 0 Å². The Labute approximate surface area is 47.3 Å². The van der Waals surface area contributed by atoms with E-state index in [4.69, 9.17) is 0 Å². The third-order valence-electron chi connectivity index (χ3n) is 1.67. The maximum absolute atomic E-state index is 2.54. The molecule has 0 aromatic heterocycles. The Kier molecular flexibility index (Phi) is 0.981. The molecule has 0 radical (unpaired) electrons. The fourth-order valence-corrected chi connectivity index (χ4v) is 6.27. The van der Waals surface area contributed by atoms with Crippen LogP contribution in [0.15, 0.2) is 0 Å². The van der Waals surface area contributed by atoms with Crippen LogP contribution in [0.5, 0.6) is 0 Å². The van der Waals surface area contributed by atoms with Gasteiger partial charge in [0.25, 0.3) is 0 Å². The summed E-state index contributed by atoms with van der Waals surface area (Å²) in [6.45, 7) is 0. The van der Waals surface area contributed by atoms with Crippen molar-refractivity contribution in [1.29, 1.82) is 0 Å². The van der Waals surface area contributed by atoms with Gasteiger partial charge >= 0.3 is 47.1 Å². The summed E-state index contributed by atoms with van der Waals surface area (Å²) < 4.78 is 3.20. The van der Waals surface area contributed by atoms with Gasteiger partial charge in [-0.3, -0.25) is 0 Å². The standard InChI is InChI=1S/C6H15I/c1-7(2,3)5-4-6-7/h4-6H2,1-3H3. The molecule has 0 saturated carbocycles. The molecule has 1 rings (SSSR count). The second-order valence-electron chi connectivity index (χ2n) is 3.66. The third-order valence-corrected chi connectivity index (χ3v) is 11.2. The van der Waals surface area contributed by atoms with E-state index in [1.54, 1.807) is 8.86 Å². The fraction of sp³-hybridized carbons (Fsp3) is 1.00. The van der Waals surface area contributed by atoms with Gasteiger partial charge in [0.05, 0.1) is 0 Å². The summed E-state index contributed by atoms with van der Waals surface area (Å²) in [5, 5.41) is 0. The topological polar surface area (TPSA) is 0 Å². The van der Waals surface area contributed by atoms with Crippen molar-refractivity contribution in [1.82, 2.24) is 0 Å². The molecule has 1 aliphatic heterocycles. The van der Waals surface area contributed by atoms with Crippen LogP contribution in [-0.4, -0.2) is 23.6 Å². The quantitative estimate of drug-likeness (QED) is 0.426. The number of rotatable bonds is 0. The van der Waals surface area contributed by atoms with Gasteiger partial charge < -0.3 is 0 Å². The molecule has 0 unspecified atom stereocenters. The average Bonchev–Trinajstić information content (AvgIpc) is 1.30. The van der Waals surface area contributed by atoms with Gasteiger partial charge in [-0.25, -0.2) is 0 Å². The molecule has 0 nitrogen and oxygen atoms in total. The molecule has 0 N–H and O–H groups in total. The Bertz CT molecular complexity index is 78.1. The molecular weight excluding hydrogens is 199 g/mol. The second kappa shape index (κ2) is 1.17. The predicted molar refractivity (Wildman–Crippen MR) is 46.1 cm³/mol. The van der Waals surface area contributed by atoms with Crippen LogP contribution in [0.25, 0.3) is 0 Å². The molecule has 0 amide bonds. The molecule has 0 aromatic rings. The summed E-state index contributed by atoms with van der Waals surface area (Å²) in [5.41, 5.74) is 0.